The molecule has 2 aliphatic rings. The molecule has 0 saturated carbocycles. The number of rotatable bonds is 1. The zero-order valence-corrected chi connectivity index (χ0v) is 23.0. The smallest absolute Gasteiger partial charge is 0.0664 e. The molecule has 5 aromatic carbocycles. The van der Waals surface area contributed by atoms with Crippen molar-refractivity contribution in [1.29, 1.82) is 0 Å². The fraction of sp³-hybridized carbons (Fsp3) is 0.176. The van der Waals surface area contributed by atoms with Crippen LogP contribution in [0.25, 0.3) is 33.0 Å². The fourth-order valence-corrected chi connectivity index (χ4v) is 7.77. The average Bonchev–Trinajstić information content (AvgIpc) is 3.27. The lowest BCUT2D eigenvalue weighted by atomic mass is 9.37. The van der Waals surface area contributed by atoms with Crippen LogP contribution in [0.15, 0.2) is 83.3 Å². The Morgan fingerprint density at radius 3 is 2.06 bits per heavy atom. The van der Waals surface area contributed by atoms with Gasteiger partial charge in [0, 0.05) is 9.89 Å². The van der Waals surface area contributed by atoms with E-state index in [4.69, 9.17) is 0 Å². The Hall–Kier alpha value is -3.10. The predicted octanol–water partition coefficient (Wildman–Crippen LogP) is 7.33. The Morgan fingerprint density at radius 2 is 1.31 bits per heavy atom. The maximum atomic E-state index is 3.88. The number of benzene rings is 5. The number of fused-ring (bicyclic) bond motifs is 8. The van der Waals surface area contributed by atoms with Crippen LogP contribution in [-0.4, -0.2) is 6.71 Å². The summed E-state index contributed by atoms with van der Waals surface area (Å²) in [6.45, 7) is 11.8. The molecule has 7 rings (SSSR count). The highest BCUT2D eigenvalue weighted by molar-refractivity contribution is 9.10. The largest absolute Gasteiger partial charge is 0.243 e. The molecule has 1 aliphatic heterocycles. The summed E-state index contributed by atoms with van der Waals surface area (Å²) in [4.78, 5) is 0. The second-order valence-corrected chi connectivity index (χ2v) is 12.1. The van der Waals surface area contributed by atoms with Gasteiger partial charge in [0.15, 0.2) is 0 Å². The molecule has 5 aromatic rings. The quantitative estimate of drug-likeness (QED) is 0.197. The number of halogens is 1. The molecular weight excluding hydrogens is 499 g/mol. The molecule has 0 N–H and O–H groups in total. The SMILES string of the molecule is Cc1cc(C)c(B2c3ccccc3-c3cc4c(cc32)-c2c(cc(Br)c3ccccc23)C4(C)C)c(C)c1. The zero-order chi connectivity index (χ0) is 24.9. The van der Waals surface area contributed by atoms with Crippen LogP contribution in [0.3, 0.4) is 0 Å². The van der Waals surface area contributed by atoms with E-state index in [0.29, 0.717) is 0 Å². The third-order valence-corrected chi connectivity index (χ3v) is 9.36. The Morgan fingerprint density at radius 1 is 0.639 bits per heavy atom. The van der Waals surface area contributed by atoms with Crippen molar-refractivity contribution in [2.24, 2.45) is 0 Å². The van der Waals surface area contributed by atoms with Crippen molar-refractivity contribution in [3.05, 3.63) is 111 Å². The normalized spacial score (nSPS) is 14.6. The lowest BCUT2D eigenvalue weighted by Crippen LogP contribution is -2.51. The van der Waals surface area contributed by atoms with Crippen molar-refractivity contribution >= 4 is 49.8 Å². The van der Waals surface area contributed by atoms with Crippen LogP contribution in [0.1, 0.15) is 41.7 Å². The van der Waals surface area contributed by atoms with Gasteiger partial charge in [0.05, 0.1) is 0 Å². The second kappa shape index (κ2) is 7.46. The van der Waals surface area contributed by atoms with Crippen LogP contribution < -0.4 is 16.4 Å². The molecule has 0 spiro atoms. The van der Waals surface area contributed by atoms with E-state index < -0.39 is 0 Å². The predicted molar refractivity (Wildman–Crippen MR) is 160 cm³/mol. The van der Waals surface area contributed by atoms with E-state index in [1.165, 1.54) is 81.7 Å². The van der Waals surface area contributed by atoms with Crippen molar-refractivity contribution in [3.8, 4) is 22.3 Å². The van der Waals surface area contributed by atoms with Crippen LogP contribution in [-0.2, 0) is 5.41 Å². The summed E-state index contributed by atoms with van der Waals surface area (Å²) in [5.41, 5.74) is 16.8. The average molecular weight is 527 g/mol. The van der Waals surface area contributed by atoms with E-state index in [9.17, 15) is 0 Å². The molecule has 0 saturated heterocycles. The maximum Gasteiger partial charge on any atom is 0.243 e. The van der Waals surface area contributed by atoms with Gasteiger partial charge >= 0.3 is 0 Å². The standard InChI is InChI=1S/C34H28BBr/c1-19-14-20(2)33(21(3)15-19)35-29-13-9-8-10-22(29)25-16-27-26(17-30(25)35)32-24-12-7-6-11-23(24)31(36)18-28(32)34(27,4)5/h6-18H,1-5H3. The third kappa shape index (κ3) is 2.83. The summed E-state index contributed by atoms with van der Waals surface area (Å²) in [5, 5.41) is 2.62. The molecule has 0 amide bonds. The number of hydrogen-bond donors (Lipinski definition) is 0. The van der Waals surface area contributed by atoms with Crippen LogP contribution in [0.5, 0.6) is 0 Å². The topological polar surface area (TPSA) is 0 Å². The molecule has 0 nitrogen and oxygen atoms in total. The lowest BCUT2D eigenvalue weighted by molar-refractivity contribution is 0.661. The first-order valence-electron chi connectivity index (χ1n) is 12.8. The van der Waals surface area contributed by atoms with E-state index in [1.54, 1.807) is 0 Å². The van der Waals surface area contributed by atoms with Gasteiger partial charge in [-0.1, -0.05) is 136 Å². The molecule has 0 atom stereocenters. The lowest BCUT2D eigenvalue weighted by Gasteiger charge is -2.23. The zero-order valence-electron chi connectivity index (χ0n) is 21.5. The molecular formula is C34H28BBr. The fourth-order valence-electron chi connectivity index (χ4n) is 7.19. The Labute approximate surface area is 222 Å². The monoisotopic (exact) mass is 526 g/mol. The van der Waals surface area contributed by atoms with Crippen LogP contribution in [0, 0.1) is 20.8 Å². The molecule has 1 aliphatic carbocycles. The van der Waals surface area contributed by atoms with Crippen LogP contribution >= 0.6 is 15.9 Å². The van der Waals surface area contributed by atoms with Gasteiger partial charge in [-0.25, -0.2) is 0 Å². The highest BCUT2D eigenvalue weighted by Gasteiger charge is 2.42. The molecule has 0 bridgehead atoms. The van der Waals surface area contributed by atoms with Gasteiger partial charge in [-0.05, 0) is 71.0 Å². The summed E-state index contributed by atoms with van der Waals surface area (Å²) in [6, 6.07) is 30.0. The highest BCUT2D eigenvalue weighted by Crippen LogP contribution is 2.53. The summed E-state index contributed by atoms with van der Waals surface area (Å²) < 4.78 is 1.18. The maximum absolute atomic E-state index is 3.88. The molecule has 0 radical (unpaired) electrons. The molecule has 1 heterocycles. The molecule has 2 heteroatoms. The van der Waals surface area contributed by atoms with E-state index >= 15 is 0 Å². The first-order chi connectivity index (χ1) is 17.3. The third-order valence-electron chi connectivity index (χ3n) is 8.70. The first-order valence-corrected chi connectivity index (χ1v) is 13.6. The van der Waals surface area contributed by atoms with Crippen molar-refractivity contribution in [2.75, 3.05) is 0 Å². The van der Waals surface area contributed by atoms with Crippen LogP contribution in [0.2, 0.25) is 0 Å². The molecule has 36 heavy (non-hydrogen) atoms. The van der Waals surface area contributed by atoms with Crippen LogP contribution in [0.4, 0.5) is 0 Å². The van der Waals surface area contributed by atoms with Crippen molar-refractivity contribution in [1.82, 2.24) is 0 Å². The van der Waals surface area contributed by atoms with E-state index in [-0.39, 0.29) is 12.1 Å². The van der Waals surface area contributed by atoms with Crippen molar-refractivity contribution < 1.29 is 0 Å². The molecule has 0 unspecified atom stereocenters. The minimum Gasteiger partial charge on any atom is -0.0664 e. The Bertz CT molecular complexity index is 1730. The second-order valence-electron chi connectivity index (χ2n) is 11.3. The van der Waals surface area contributed by atoms with Gasteiger partial charge in [-0.3, -0.25) is 0 Å². The van der Waals surface area contributed by atoms with Crippen molar-refractivity contribution in [3.63, 3.8) is 0 Å². The van der Waals surface area contributed by atoms with Gasteiger partial charge in [0.25, 0.3) is 0 Å². The number of aryl methyl sites for hydroxylation is 3. The number of hydrogen-bond acceptors (Lipinski definition) is 0. The van der Waals surface area contributed by atoms with Gasteiger partial charge in [0.2, 0.25) is 6.71 Å². The van der Waals surface area contributed by atoms with Gasteiger partial charge in [-0.2, -0.15) is 0 Å². The van der Waals surface area contributed by atoms with Gasteiger partial charge in [0.1, 0.15) is 0 Å². The van der Waals surface area contributed by atoms with Crippen molar-refractivity contribution in [2.45, 2.75) is 40.0 Å². The molecule has 174 valence electrons. The summed E-state index contributed by atoms with van der Waals surface area (Å²) in [5.74, 6) is 0. The highest BCUT2D eigenvalue weighted by atomic mass is 79.9. The van der Waals surface area contributed by atoms with Gasteiger partial charge < -0.3 is 0 Å². The molecule has 0 fully saturated rings. The van der Waals surface area contributed by atoms with E-state index in [2.05, 4.69) is 129 Å². The van der Waals surface area contributed by atoms with Gasteiger partial charge in [-0.15, -0.1) is 0 Å². The minimum atomic E-state index is -0.0605. The minimum absolute atomic E-state index is 0.0605. The first kappa shape index (κ1) is 22.1. The summed E-state index contributed by atoms with van der Waals surface area (Å²) >= 11 is 3.88. The van der Waals surface area contributed by atoms with E-state index in [1.807, 2.05) is 0 Å². The van der Waals surface area contributed by atoms with E-state index in [0.717, 1.165) is 0 Å². The summed E-state index contributed by atoms with van der Waals surface area (Å²) in [6.07, 6.45) is 0. The Balaban J connectivity index is 1.58. The summed E-state index contributed by atoms with van der Waals surface area (Å²) in [7, 11) is 0. The molecule has 0 aromatic heterocycles. The Kier molecular flexibility index (Phi) is 4.59.